The van der Waals surface area contributed by atoms with E-state index in [1.807, 2.05) is 0 Å². The molecule has 0 bridgehead atoms. The maximum absolute atomic E-state index is 14.2. The van der Waals surface area contributed by atoms with E-state index in [1.165, 1.54) is 6.07 Å². The maximum atomic E-state index is 14.2. The van der Waals surface area contributed by atoms with Gasteiger partial charge in [0.2, 0.25) is 5.91 Å². The molecule has 1 aliphatic carbocycles. The SMILES string of the molecule is Cc1[nH][nH]c(=O)c1CC(=O)NC(c1ccc(F)cc1F)C1CC(O)C1. The number of H-pyrrole nitrogens is 2. The third kappa shape index (κ3) is 3.63. The Bertz CT molecular complexity index is 840. The molecule has 3 rings (SSSR count). The normalized spacial score (nSPS) is 20.8. The predicted octanol–water partition coefficient (Wildman–Crippen LogP) is 1.46. The summed E-state index contributed by atoms with van der Waals surface area (Å²) in [5.41, 5.74) is 0.663. The van der Waals surface area contributed by atoms with Gasteiger partial charge in [0.1, 0.15) is 11.6 Å². The fourth-order valence-corrected chi connectivity index (χ4v) is 3.17. The third-order valence-electron chi connectivity index (χ3n) is 4.66. The average Bonchev–Trinajstić information content (AvgIpc) is 2.82. The van der Waals surface area contributed by atoms with E-state index in [9.17, 15) is 23.5 Å². The van der Waals surface area contributed by atoms with Gasteiger partial charge in [0.05, 0.1) is 18.6 Å². The van der Waals surface area contributed by atoms with Gasteiger partial charge in [-0.1, -0.05) is 6.07 Å². The van der Waals surface area contributed by atoms with E-state index in [2.05, 4.69) is 15.5 Å². The molecule has 25 heavy (non-hydrogen) atoms. The predicted molar refractivity (Wildman–Crippen MR) is 85.8 cm³/mol. The van der Waals surface area contributed by atoms with Crippen molar-refractivity contribution in [1.29, 1.82) is 0 Å². The van der Waals surface area contributed by atoms with Gasteiger partial charge in [-0.05, 0) is 31.7 Å². The van der Waals surface area contributed by atoms with Crippen LogP contribution in [0.25, 0.3) is 0 Å². The fraction of sp³-hybridized carbons (Fsp3) is 0.412. The second-order valence-corrected chi connectivity index (χ2v) is 6.46. The first kappa shape index (κ1) is 17.3. The Balaban J connectivity index is 1.80. The van der Waals surface area contributed by atoms with Crippen molar-refractivity contribution in [2.45, 2.75) is 38.3 Å². The Hall–Kier alpha value is -2.48. The molecule has 2 aromatic rings. The van der Waals surface area contributed by atoms with Gasteiger partial charge in [-0.3, -0.25) is 14.7 Å². The van der Waals surface area contributed by atoms with Crippen molar-refractivity contribution in [2.24, 2.45) is 5.92 Å². The summed E-state index contributed by atoms with van der Waals surface area (Å²) in [4.78, 5) is 24.0. The molecule has 6 nitrogen and oxygen atoms in total. The van der Waals surface area contributed by atoms with E-state index in [0.29, 0.717) is 24.1 Å². The smallest absolute Gasteiger partial charge is 0.267 e. The summed E-state index contributed by atoms with van der Waals surface area (Å²) in [6.07, 6.45) is 0.207. The highest BCUT2D eigenvalue weighted by Crippen LogP contribution is 2.39. The summed E-state index contributed by atoms with van der Waals surface area (Å²) in [6.45, 7) is 1.67. The molecule has 4 N–H and O–H groups in total. The van der Waals surface area contributed by atoms with E-state index >= 15 is 0 Å². The van der Waals surface area contributed by atoms with Crippen molar-refractivity contribution < 1.29 is 18.7 Å². The summed E-state index contributed by atoms with van der Waals surface area (Å²) < 4.78 is 27.3. The molecule has 0 spiro atoms. The number of aryl methyl sites for hydroxylation is 1. The zero-order valence-corrected chi connectivity index (χ0v) is 13.6. The molecule has 134 valence electrons. The van der Waals surface area contributed by atoms with E-state index in [0.717, 1.165) is 12.1 Å². The Morgan fingerprint density at radius 3 is 2.64 bits per heavy atom. The van der Waals surface area contributed by atoms with Crippen LogP contribution in [0.15, 0.2) is 23.0 Å². The molecule has 1 fully saturated rings. The molecule has 1 atom stereocenters. The number of halogens is 2. The second-order valence-electron chi connectivity index (χ2n) is 6.46. The first-order valence-corrected chi connectivity index (χ1v) is 8.03. The lowest BCUT2D eigenvalue weighted by Gasteiger charge is -2.38. The molecule has 0 radical (unpaired) electrons. The topological polar surface area (TPSA) is 98.0 Å². The molecule has 1 unspecified atom stereocenters. The number of aromatic amines is 2. The van der Waals surface area contributed by atoms with Gasteiger partial charge in [-0.15, -0.1) is 0 Å². The Kier molecular flexibility index (Phi) is 4.71. The number of benzene rings is 1. The van der Waals surface area contributed by atoms with E-state index in [4.69, 9.17) is 0 Å². The molecule has 0 saturated heterocycles. The summed E-state index contributed by atoms with van der Waals surface area (Å²) >= 11 is 0. The van der Waals surface area contributed by atoms with Crippen LogP contribution in [0.5, 0.6) is 0 Å². The van der Waals surface area contributed by atoms with Crippen molar-refractivity contribution in [2.75, 3.05) is 0 Å². The molecule has 8 heteroatoms. The standard InChI is InChI=1S/C17H19F2N3O3/c1-8-13(17(25)22-21-8)7-15(24)20-16(9-4-11(23)5-9)12-3-2-10(18)6-14(12)19/h2-3,6,9,11,16,23H,4-5,7H2,1H3,(H,20,24)(H2,21,22,25). The van der Waals surface area contributed by atoms with Crippen LogP contribution >= 0.6 is 0 Å². The lowest BCUT2D eigenvalue weighted by molar-refractivity contribution is -0.122. The van der Waals surface area contributed by atoms with Crippen LogP contribution in [0.4, 0.5) is 8.78 Å². The zero-order chi connectivity index (χ0) is 18.1. The summed E-state index contributed by atoms with van der Waals surface area (Å²) in [7, 11) is 0. The van der Waals surface area contributed by atoms with Crippen LogP contribution in [-0.2, 0) is 11.2 Å². The molecular formula is C17H19F2N3O3. The zero-order valence-electron chi connectivity index (χ0n) is 13.6. The van der Waals surface area contributed by atoms with Crippen molar-refractivity contribution in [3.05, 3.63) is 57.0 Å². The average molecular weight is 351 g/mol. The van der Waals surface area contributed by atoms with Crippen LogP contribution in [0.3, 0.4) is 0 Å². The van der Waals surface area contributed by atoms with Gasteiger partial charge < -0.3 is 15.5 Å². The number of hydrogen-bond donors (Lipinski definition) is 4. The molecular weight excluding hydrogens is 332 g/mol. The Morgan fingerprint density at radius 2 is 2.08 bits per heavy atom. The molecule has 1 heterocycles. The lowest BCUT2D eigenvalue weighted by atomic mass is 9.75. The number of rotatable bonds is 5. The van der Waals surface area contributed by atoms with Crippen LogP contribution in [0.2, 0.25) is 0 Å². The summed E-state index contributed by atoms with van der Waals surface area (Å²) in [6, 6.07) is 2.52. The molecule has 1 aromatic carbocycles. The van der Waals surface area contributed by atoms with E-state index in [-0.39, 0.29) is 23.5 Å². The van der Waals surface area contributed by atoms with E-state index < -0.39 is 29.7 Å². The molecule has 1 aliphatic rings. The number of aliphatic hydroxyl groups excluding tert-OH is 1. The Labute approximate surface area is 142 Å². The van der Waals surface area contributed by atoms with Gasteiger partial charge in [-0.2, -0.15) is 0 Å². The quantitative estimate of drug-likeness (QED) is 0.656. The highest BCUT2D eigenvalue weighted by Gasteiger charge is 2.37. The number of carbonyl (C=O) groups is 1. The van der Waals surface area contributed by atoms with Crippen molar-refractivity contribution in [3.8, 4) is 0 Å². The molecule has 1 aromatic heterocycles. The van der Waals surface area contributed by atoms with Gasteiger partial charge in [0, 0.05) is 22.9 Å². The highest BCUT2D eigenvalue weighted by atomic mass is 19.1. The second kappa shape index (κ2) is 6.79. The van der Waals surface area contributed by atoms with Gasteiger partial charge in [-0.25, -0.2) is 8.78 Å². The summed E-state index contributed by atoms with van der Waals surface area (Å²) in [5, 5.41) is 17.3. The number of nitrogens with one attached hydrogen (secondary N) is 3. The Morgan fingerprint density at radius 1 is 1.36 bits per heavy atom. The van der Waals surface area contributed by atoms with E-state index in [1.54, 1.807) is 6.92 Å². The molecule has 1 amide bonds. The number of amides is 1. The lowest BCUT2D eigenvalue weighted by Crippen LogP contribution is -2.42. The van der Waals surface area contributed by atoms with Crippen molar-refractivity contribution >= 4 is 5.91 Å². The minimum atomic E-state index is -0.748. The minimum absolute atomic E-state index is 0.149. The summed E-state index contributed by atoms with van der Waals surface area (Å²) in [5.74, 6) is -2.04. The largest absolute Gasteiger partial charge is 0.393 e. The number of hydrogen-bond acceptors (Lipinski definition) is 3. The first-order chi connectivity index (χ1) is 11.8. The van der Waals surface area contributed by atoms with Crippen LogP contribution in [-0.4, -0.2) is 27.3 Å². The molecule has 0 aliphatic heterocycles. The van der Waals surface area contributed by atoms with Crippen LogP contribution in [0, 0.1) is 24.5 Å². The van der Waals surface area contributed by atoms with Crippen molar-refractivity contribution in [1.82, 2.24) is 15.5 Å². The van der Waals surface area contributed by atoms with Gasteiger partial charge >= 0.3 is 0 Å². The van der Waals surface area contributed by atoms with Crippen LogP contribution in [0.1, 0.15) is 35.7 Å². The minimum Gasteiger partial charge on any atom is -0.393 e. The van der Waals surface area contributed by atoms with Crippen LogP contribution < -0.4 is 10.9 Å². The highest BCUT2D eigenvalue weighted by molar-refractivity contribution is 5.79. The first-order valence-electron chi connectivity index (χ1n) is 8.03. The number of aromatic nitrogens is 2. The monoisotopic (exact) mass is 351 g/mol. The number of carbonyl (C=O) groups excluding carboxylic acids is 1. The maximum Gasteiger partial charge on any atom is 0.267 e. The van der Waals surface area contributed by atoms with Gasteiger partial charge in [0.25, 0.3) is 5.56 Å². The van der Waals surface area contributed by atoms with Gasteiger partial charge in [0.15, 0.2) is 0 Å². The number of aliphatic hydroxyl groups is 1. The third-order valence-corrected chi connectivity index (χ3v) is 4.66. The fourth-order valence-electron chi connectivity index (χ4n) is 3.17. The van der Waals surface area contributed by atoms with Crippen molar-refractivity contribution in [3.63, 3.8) is 0 Å². The molecule has 1 saturated carbocycles.